The number of hydrogen-bond donors (Lipinski definition) is 1. The number of rotatable bonds is 7. The summed E-state index contributed by atoms with van der Waals surface area (Å²) in [5, 5.41) is 0. The molecule has 0 spiro atoms. The molecule has 2 atom stereocenters. The lowest BCUT2D eigenvalue weighted by molar-refractivity contribution is -0.146. The van der Waals surface area contributed by atoms with Crippen molar-refractivity contribution in [2.24, 2.45) is 11.7 Å². The molecule has 2 N–H and O–H groups in total. The van der Waals surface area contributed by atoms with Crippen molar-refractivity contribution in [2.75, 3.05) is 6.61 Å². The van der Waals surface area contributed by atoms with Crippen LogP contribution in [-0.2, 0) is 9.53 Å². The van der Waals surface area contributed by atoms with Crippen molar-refractivity contribution < 1.29 is 9.53 Å². The summed E-state index contributed by atoms with van der Waals surface area (Å²) >= 11 is 0. The molecule has 0 fully saturated rings. The minimum Gasteiger partial charge on any atom is -0.464 e. The van der Waals surface area contributed by atoms with Crippen LogP contribution in [0.5, 0.6) is 0 Å². The minimum atomic E-state index is -0.554. The molecule has 0 aliphatic carbocycles. The Kier molecular flexibility index (Phi) is 7.11. The van der Waals surface area contributed by atoms with E-state index in [1.165, 1.54) is 0 Å². The molecular weight excluding hydrogens is 178 g/mol. The molecule has 0 bridgehead atoms. The Morgan fingerprint density at radius 3 is 2.79 bits per heavy atom. The van der Waals surface area contributed by atoms with E-state index in [-0.39, 0.29) is 5.97 Å². The summed E-state index contributed by atoms with van der Waals surface area (Å²) in [5.74, 6) is 0.0905. The molecule has 0 aromatic heterocycles. The van der Waals surface area contributed by atoms with Crippen LogP contribution in [0.2, 0.25) is 0 Å². The summed E-state index contributed by atoms with van der Waals surface area (Å²) in [6, 6.07) is -0.554. The van der Waals surface area contributed by atoms with Crippen LogP contribution in [0.3, 0.4) is 0 Å². The van der Waals surface area contributed by atoms with Gasteiger partial charge in [-0.05, 0) is 18.8 Å². The Morgan fingerprint density at radius 2 is 2.29 bits per heavy atom. The van der Waals surface area contributed by atoms with Crippen LogP contribution in [0, 0.1) is 5.92 Å². The largest absolute Gasteiger partial charge is 0.464 e. The molecular formula is C11H21NO2. The van der Waals surface area contributed by atoms with Crippen LogP contribution in [0.25, 0.3) is 0 Å². The third kappa shape index (κ3) is 5.75. The van der Waals surface area contributed by atoms with Gasteiger partial charge >= 0.3 is 5.97 Å². The Labute approximate surface area is 86.3 Å². The highest BCUT2D eigenvalue weighted by molar-refractivity contribution is 5.75. The first kappa shape index (κ1) is 13.2. The zero-order chi connectivity index (χ0) is 11.0. The van der Waals surface area contributed by atoms with Gasteiger partial charge in [-0.3, -0.25) is 4.79 Å². The van der Waals surface area contributed by atoms with Crippen molar-refractivity contribution in [3.05, 3.63) is 12.7 Å². The van der Waals surface area contributed by atoms with E-state index < -0.39 is 6.04 Å². The highest BCUT2D eigenvalue weighted by Gasteiger charge is 2.14. The summed E-state index contributed by atoms with van der Waals surface area (Å²) in [7, 11) is 0. The molecule has 0 aliphatic rings. The second kappa shape index (κ2) is 7.56. The lowest BCUT2D eigenvalue weighted by Crippen LogP contribution is -2.32. The Bertz CT molecular complexity index is 180. The van der Waals surface area contributed by atoms with E-state index in [1.807, 2.05) is 0 Å². The first-order chi connectivity index (χ1) is 6.61. The van der Waals surface area contributed by atoms with Gasteiger partial charge in [-0.25, -0.2) is 0 Å². The SMILES string of the molecule is C=CCC(N)C(=O)OCC(C)CCC. The van der Waals surface area contributed by atoms with E-state index in [9.17, 15) is 4.79 Å². The Balaban J connectivity index is 3.66. The molecule has 14 heavy (non-hydrogen) atoms. The zero-order valence-corrected chi connectivity index (χ0v) is 9.16. The van der Waals surface area contributed by atoms with Gasteiger partial charge in [-0.1, -0.05) is 26.3 Å². The van der Waals surface area contributed by atoms with Gasteiger partial charge in [0.1, 0.15) is 6.04 Å². The summed E-state index contributed by atoms with van der Waals surface area (Å²) < 4.78 is 5.06. The van der Waals surface area contributed by atoms with E-state index in [0.29, 0.717) is 18.9 Å². The number of ether oxygens (including phenoxy) is 1. The maximum absolute atomic E-state index is 11.2. The van der Waals surface area contributed by atoms with Crippen LogP contribution >= 0.6 is 0 Å². The molecule has 0 rings (SSSR count). The highest BCUT2D eigenvalue weighted by atomic mass is 16.5. The summed E-state index contributed by atoms with van der Waals surface area (Å²) in [6.45, 7) is 8.17. The van der Waals surface area contributed by atoms with Gasteiger partial charge in [0, 0.05) is 0 Å². The molecule has 0 aromatic rings. The quantitative estimate of drug-likeness (QED) is 0.503. The second-order valence-corrected chi connectivity index (χ2v) is 3.65. The normalized spacial score (nSPS) is 14.5. The number of carbonyl (C=O) groups excluding carboxylic acids is 1. The average Bonchev–Trinajstić information content (AvgIpc) is 2.15. The predicted molar refractivity (Wildman–Crippen MR) is 57.8 cm³/mol. The second-order valence-electron chi connectivity index (χ2n) is 3.65. The number of esters is 1. The van der Waals surface area contributed by atoms with Crippen LogP contribution in [0.15, 0.2) is 12.7 Å². The maximum Gasteiger partial charge on any atom is 0.323 e. The minimum absolute atomic E-state index is 0.326. The molecule has 2 unspecified atom stereocenters. The van der Waals surface area contributed by atoms with Gasteiger partial charge in [0.2, 0.25) is 0 Å². The number of carbonyl (C=O) groups is 1. The molecule has 0 aliphatic heterocycles. The van der Waals surface area contributed by atoms with E-state index in [4.69, 9.17) is 10.5 Å². The Hall–Kier alpha value is -0.830. The number of hydrogen-bond acceptors (Lipinski definition) is 3. The highest BCUT2D eigenvalue weighted by Crippen LogP contribution is 2.05. The topological polar surface area (TPSA) is 52.3 Å². The maximum atomic E-state index is 11.2. The van der Waals surface area contributed by atoms with Crippen LogP contribution in [0.1, 0.15) is 33.1 Å². The van der Waals surface area contributed by atoms with Crippen LogP contribution in [-0.4, -0.2) is 18.6 Å². The zero-order valence-electron chi connectivity index (χ0n) is 9.16. The van der Waals surface area contributed by atoms with Crippen molar-refractivity contribution in [1.82, 2.24) is 0 Å². The standard InChI is InChI=1S/C11H21NO2/c1-4-6-9(3)8-14-11(13)10(12)7-5-2/h5,9-10H,2,4,6-8,12H2,1,3H3. The molecule has 0 radical (unpaired) electrons. The van der Waals surface area contributed by atoms with E-state index >= 15 is 0 Å². The smallest absolute Gasteiger partial charge is 0.323 e. The first-order valence-corrected chi connectivity index (χ1v) is 5.14. The molecule has 0 saturated heterocycles. The fraction of sp³-hybridized carbons (Fsp3) is 0.727. The molecule has 0 heterocycles. The average molecular weight is 199 g/mol. The van der Waals surface area contributed by atoms with Crippen LogP contribution < -0.4 is 5.73 Å². The molecule has 3 nitrogen and oxygen atoms in total. The van der Waals surface area contributed by atoms with Crippen molar-refractivity contribution >= 4 is 5.97 Å². The van der Waals surface area contributed by atoms with Gasteiger partial charge in [-0.2, -0.15) is 0 Å². The third-order valence-electron chi connectivity index (χ3n) is 2.01. The molecule has 3 heteroatoms. The Morgan fingerprint density at radius 1 is 1.64 bits per heavy atom. The van der Waals surface area contributed by atoms with Gasteiger partial charge < -0.3 is 10.5 Å². The lowest BCUT2D eigenvalue weighted by Gasteiger charge is -2.13. The first-order valence-electron chi connectivity index (χ1n) is 5.14. The molecule has 82 valence electrons. The predicted octanol–water partition coefficient (Wildman–Crippen LogP) is 1.87. The van der Waals surface area contributed by atoms with Crippen molar-refractivity contribution in [2.45, 2.75) is 39.2 Å². The van der Waals surface area contributed by atoms with Gasteiger partial charge in [0.25, 0.3) is 0 Å². The summed E-state index contributed by atoms with van der Waals surface area (Å²) in [4.78, 5) is 11.2. The van der Waals surface area contributed by atoms with Crippen molar-refractivity contribution in [3.8, 4) is 0 Å². The molecule has 0 amide bonds. The van der Waals surface area contributed by atoms with Gasteiger partial charge in [0.15, 0.2) is 0 Å². The fourth-order valence-corrected chi connectivity index (χ4v) is 1.18. The molecule has 0 aromatic carbocycles. The van der Waals surface area contributed by atoms with E-state index in [2.05, 4.69) is 20.4 Å². The summed E-state index contributed by atoms with van der Waals surface area (Å²) in [6.07, 6.45) is 4.28. The molecule has 0 saturated carbocycles. The lowest BCUT2D eigenvalue weighted by atomic mass is 10.1. The van der Waals surface area contributed by atoms with Gasteiger partial charge in [-0.15, -0.1) is 6.58 Å². The third-order valence-corrected chi connectivity index (χ3v) is 2.01. The fourth-order valence-electron chi connectivity index (χ4n) is 1.18. The van der Waals surface area contributed by atoms with E-state index in [0.717, 1.165) is 12.8 Å². The van der Waals surface area contributed by atoms with E-state index in [1.54, 1.807) is 6.08 Å². The van der Waals surface area contributed by atoms with Crippen LogP contribution in [0.4, 0.5) is 0 Å². The van der Waals surface area contributed by atoms with Crippen molar-refractivity contribution in [1.29, 1.82) is 0 Å². The van der Waals surface area contributed by atoms with Gasteiger partial charge in [0.05, 0.1) is 6.61 Å². The summed E-state index contributed by atoms with van der Waals surface area (Å²) in [5.41, 5.74) is 5.54. The monoisotopic (exact) mass is 199 g/mol. The number of nitrogens with two attached hydrogens (primary N) is 1. The van der Waals surface area contributed by atoms with Crippen molar-refractivity contribution in [3.63, 3.8) is 0 Å².